The third-order valence-electron chi connectivity index (χ3n) is 6.49. The number of carbonyl (C=O) groups is 2. The molecule has 0 radical (unpaired) electrons. The molecule has 2 aromatic rings. The molecule has 6 heteroatoms. The van der Waals surface area contributed by atoms with Gasteiger partial charge in [-0.3, -0.25) is 14.6 Å². The molecule has 0 unspecified atom stereocenters. The second-order valence-corrected chi connectivity index (χ2v) is 9.21. The topological polar surface area (TPSA) is 62.3 Å². The molecule has 2 heterocycles. The van der Waals surface area contributed by atoms with Crippen molar-refractivity contribution in [2.24, 2.45) is 0 Å². The Morgan fingerprint density at radius 3 is 2.48 bits per heavy atom. The molecule has 0 bridgehead atoms. The van der Waals surface area contributed by atoms with Gasteiger partial charge in [0.1, 0.15) is 0 Å². The van der Waals surface area contributed by atoms with Crippen molar-refractivity contribution < 1.29 is 9.59 Å². The summed E-state index contributed by atoms with van der Waals surface area (Å²) in [5.74, 6) is 0.177. The molecule has 1 N–H and O–H groups in total. The predicted octanol–water partition coefficient (Wildman–Crippen LogP) is 5.13. The Morgan fingerprint density at radius 1 is 1.03 bits per heavy atom. The number of piperidine rings is 1. The van der Waals surface area contributed by atoms with Crippen LogP contribution in [0, 0.1) is 6.92 Å². The van der Waals surface area contributed by atoms with Crippen LogP contribution in [0.1, 0.15) is 83.0 Å². The first kappa shape index (κ1) is 21.8. The van der Waals surface area contributed by atoms with Gasteiger partial charge in [0, 0.05) is 41.3 Å². The highest BCUT2D eigenvalue weighted by molar-refractivity contribution is 6.30. The van der Waals surface area contributed by atoms with Crippen LogP contribution in [-0.4, -0.2) is 40.8 Å². The summed E-state index contributed by atoms with van der Waals surface area (Å²) in [6, 6.07) is 11.2. The second-order valence-electron chi connectivity index (χ2n) is 8.77. The van der Waals surface area contributed by atoms with Gasteiger partial charge >= 0.3 is 0 Å². The summed E-state index contributed by atoms with van der Waals surface area (Å²) >= 11 is 6.05. The first-order valence-electron chi connectivity index (χ1n) is 11.3. The van der Waals surface area contributed by atoms with E-state index in [0.717, 1.165) is 37.1 Å². The first-order valence-corrected chi connectivity index (χ1v) is 11.7. The maximum absolute atomic E-state index is 13.0. The number of likely N-dealkylation sites (tertiary alicyclic amines) is 1. The van der Waals surface area contributed by atoms with Crippen molar-refractivity contribution in [1.82, 2.24) is 15.2 Å². The highest BCUT2D eigenvalue weighted by Crippen LogP contribution is 2.30. The minimum atomic E-state index is -0.00756. The lowest BCUT2D eigenvalue weighted by molar-refractivity contribution is 0.0710. The molecule has 0 atom stereocenters. The van der Waals surface area contributed by atoms with Crippen molar-refractivity contribution in [2.75, 3.05) is 13.1 Å². The van der Waals surface area contributed by atoms with Crippen molar-refractivity contribution >= 4 is 23.4 Å². The Morgan fingerprint density at radius 2 is 1.77 bits per heavy atom. The van der Waals surface area contributed by atoms with Gasteiger partial charge in [-0.25, -0.2) is 0 Å². The van der Waals surface area contributed by atoms with E-state index < -0.39 is 0 Å². The second kappa shape index (κ2) is 9.82. The van der Waals surface area contributed by atoms with Gasteiger partial charge in [0.15, 0.2) is 0 Å². The maximum atomic E-state index is 13.0. The molecule has 2 fully saturated rings. The zero-order valence-electron chi connectivity index (χ0n) is 18.1. The summed E-state index contributed by atoms with van der Waals surface area (Å²) in [5, 5.41) is 3.80. The Hall–Kier alpha value is -2.40. The molecule has 0 spiro atoms. The molecule has 1 aromatic carbocycles. The Bertz CT molecular complexity index is 948. The van der Waals surface area contributed by atoms with E-state index >= 15 is 0 Å². The number of nitrogens with zero attached hydrogens (tertiary/aromatic N) is 2. The summed E-state index contributed by atoms with van der Waals surface area (Å²) in [4.78, 5) is 32.5. The summed E-state index contributed by atoms with van der Waals surface area (Å²) in [6.45, 7) is 3.26. The standard InChI is InChI=1S/C25H30ClN3O2/c1-17-10-11-22(24(30)28-21-8-3-2-4-9-21)23(27-17)18-12-14-29(15-13-18)25(31)19-6-5-7-20(26)16-19/h5-7,10-11,16,18,21H,2-4,8-9,12-15H2,1H3,(H,28,30). The van der Waals surface area contributed by atoms with Crippen LogP contribution >= 0.6 is 11.6 Å². The van der Waals surface area contributed by atoms with Gasteiger partial charge in [-0.05, 0) is 62.9 Å². The number of amides is 2. The van der Waals surface area contributed by atoms with Crippen LogP contribution in [0.2, 0.25) is 5.02 Å². The Labute approximate surface area is 189 Å². The lowest BCUT2D eigenvalue weighted by atomic mass is 9.89. The van der Waals surface area contributed by atoms with E-state index in [0.29, 0.717) is 29.2 Å². The summed E-state index contributed by atoms with van der Waals surface area (Å²) < 4.78 is 0. The van der Waals surface area contributed by atoms with Crippen LogP contribution < -0.4 is 5.32 Å². The lowest BCUT2D eigenvalue weighted by Gasteiger charge is -2.33. The van der Waals surface area contributed by atoms with Crippen LogP contribution in [0.25, 0.3) is 0 Å². The number of rotatable bonds is 4. The van der Waals surface area contributed by atoms with E-state index in [1.165, 1.54) is 19.3 Å². The highest BCUT2D eigenvalue weighted by Gasteiger charge is 2.29. The quantitative estimate of drug-likeness (QED) is 0.718. The molecule has 1 aliphatic heterocycles. The molecule has 4 rings (SSSR count). The smallest absolute Gasteiger partial charge is 0.253 e. The third kappa shape index (κ3) is 5.27. The normalized spacial score (nSPS) is 18.1. The molecule has 2 aliphatic rings. The van der Waals surface area contributed by atoms with Crippen molar-refractivity contribution in [3.63, 3.8) is 0 Å². The van der Waals surface area contributed by atoms with E-state index in [4.69, 9.17) is 16.6 Å². The fraction of sp³-hybridized carbons (Fsp3) is 0.480. The largest absolute Gasteiger partial charge is 0.349 e. The monoisotopic (exact) mass is 439 g/mol. The molecule has 1 saturated carbocycles. The van der Waals surface area contributed by atoms with E-state index in [1.807, 2.05) is 24.0 Å². The van der Waals surface area contributed by atoms with E-state index in [-0.39, 0.29) is 23.8 Å². The molecule has 164 valence electrons. The van der Waals surface area contributed by atoms with Crippen LogP contribution in [0.4, 0.5) is 0 Å². The summed E-state index contributed by atoms with van der Waals surface area (Å²) in [6.07, 6.45) is 7.34. The van der Waals surface area contributed by atoms with Gasteiger partial charge < -0.3 is 10.2 Å². The van der Waals surface area contributed by atoms with Crippen LogP contribution in [0.5, 0.6) is 0 Å². The Kier molecular flexibility index (Phi) is 6.91. The van der Waals surface area contributed by atoms with Crippen molar-refractivity contribution in [2.45, 2.75) is 63.8 Å². The van der Waals surface area contributed by atoms with Gasteiger partial charge in [-0.1, -0.05) is 36.9 Å². The fourth-order valence-corrected chi connectivity index (χ4v) is 4.94. The number of aryl methyl sites for hydroxylation is 1. The van der Waals surface area contributed by atoms with Gasteiger partial charge in [0.2, 0.25) is 0 Å². The zero-order chi connectivity index (χ0) is 21.8. The first-order chi connectivity index (χ1) is 15.0. The molecule has 1 saturated heterocycles. The molecule has 5 nitrogen and oxygen atoms in total. The third-order valence-corrected chi connectivity index (χ3v) is 6.72. The average Bonchev–Trinajstić information content (AvgIpc) is 2.79. The van der Waals surface area contributed by atoms with Crippen LogP contribution in [0.15, 0.2) is 36.4 Å². The summed E-state index contributed by atoms with van der Waals surface area (Å²) in [5.41, 5.74) is 3.10. The van der Waals surface area contributed by atoms with Crippen LogP contribution in [0.3, 0.4) is 0 Å². The highest BCUT2D eigenvalue weighted by atomic mass is 35.5. The van der Waals surface area contributed by atoms with Crippen molar-refractivity contribution in [1.29, 1.82) is 0 Å². The zero-order valence-corrected chi connectivity index (χ0v) is 18.8. The minimum Gasteiger partial charge on any atom is -0.349 e. The number of hydrogen-bond acceptors (Lipinski definition) is 3. The van der Waals surface area contributed by atoms with Gasteiger partial charge in [0.25, 0.3) is 11.8 Å². The number of aromatic nitrogens is 1. The predicted molar refractivity (Wildman–Crippen MR) is 123 cm³/mol. The van der Waals surface area contributed by atoms with Gasteiger partial charge in [-0.2, -0.15) is 0 Å². The van der Waals surface area contributed by atoms with Crippen molar-refractivity contribution in [3.8, 4) is 0 Å². The SMILES string of the molecule is Cc1ccc(C(=O)NC2CCCCC2)c(C2CCN(C(=O)c3cccc(Cl)c3)CC2)n1. The van der Waals surface area contributed by atoms with Gasteiger partial charge in [0.05, 0.1) is 11.3 Å². The molecular formula is C25H30ClN3O2. The molecule has 1 aliphatic carbocycles. The summed E-state index contributed by atoms with van der Waals surface area (Å²) in [7, 11) is 0. The lowest BCUT2D eigenvalue weighted by Crippen LogP contribution is -2.39. The van der Waals surface area contributed by atoms with E-state index in [2.05, 4.69) is 5.32 Å². The maximum Gasteiger partial charge on any atom is 0.253 e. The number of carbonyl (C=O) groups excluding carboxylic acids is 2. The minimum absolute atomic E-state index is 0.00756. The molecule has 31 heavy (non-hydrogen) atoms. The van der Waals surface area contributed by atoms with E-state index in [1.54, 1.807) is 24.3 Å². The van der Waals surface area contributed by atoms with Crippen LogP contribution in [-0.2, 0) is 0 Å². The number of pyridine rings is 1. The number of benzene rings is 1. The Balaban J connectivity index is 1.44. The number of nitrogens with one attached hydrogen (secondary N) is 1. The number of halogens is 1. The molecular weight excluding hydrogens is 410 g/mol. The average molecular weight is 440 g/mol. The van der Waals surface area contributed by atoms with Crippen molar-refractivity contribution in [3.05, 3.63) is 63.9 Å². The molecule has 2 amide bonds. The fourth-order valence-electron chi connectivity index (χ4n) is 4.75. The molecule has 1 aromatic heterocycles. The number of hydrogen-bond donors (Lipinski definition) is 1. The van der Waals surface area contributed by atoms with E-state index in [9.17, 15) is 9.59 Å². The van der Waals surface area contributed by atoms with Gasteiger partial charge in [-0.15, -0.1) is 0 Å².